The Morgan fingerprint density at radius 1 is 2.00 bits per heavy atom. The van der Waals surface area contributed by atoms with E-state index >= 15 is 0 Å². The lowest BCUT2D eigenvalue weighted by atomic mass is 10.6. The number of nitro groups is 1. The molecule has 0 saturated heterocycles. The van der Waals surface area contributed by atoms with Crippen LogP contribution in [-0.2, 0) is 0 Å². The van der Waals surface area contributed by atoms with Crippen LogP contribution in [0.3, 0.4) is 0 Å². The highest BCUT2D eigenvalue weighted by Crippen LogP contribution is 1.84. The van der Waals surface area contributed by atoms with Gasteiger partial charge in [-0.2, -0.15) is 0 Å². The second kappa shape index (κ2) is 2.30. The molecule has 4 heteroatoms. The molecule has 0 bridgehead atoms. The van der Waals surface area contributed by atoms with Crippen molar-refractivity contribution < 1.29 is 10.7 Å². The second-order valence-corrected chi connectivity index (χ2v) is 1.10. The molecule has 0 heterocycles. The Hall–Kier alpha value is -0.900. The topological polar surface area (TPSA) is 70.8 Å². The van der Waals surface area contributed by atoms with Crippen LogP contribution in [0.5, 0.6) is 0 Å². The van der Waals surface area contributed by atoms with Gasteiger partial charge >= 0.3 is 0 Å². The summed E-state index contributed by atoms with van der Waals surface area (Å²) in [5.74, 6) is 0. The summed E-state index contributed by atoms with van der Waals surface area (Å²) in [5.41, 5.74) is 3.29. The zero-order chi connectivity index (χ0) is 5.86. The lowest BCUT2D eigenvalue weighted by Crippen LogP contribution is -2.40. The minimum absolute atomic E-state index is 0.0833. The quantitative estimate of drug-likeness (QED) is 0.354. The highest BCUT2D eigenvalue weighted by Gasteiger charge is 1.98. The largest absolute Gasteiger partial charge is 0.326 e. The minimum Gasteiger partial charge on any atom is -0.326 e. The SMILES string of the molecule is CC(=C[NH3+])[N+](=O)[O-]. The Balaban J connectivity index is 3.82. The van der Waals surface area contributed by atoms with Crippen molar-refractivity contribution in [3.63, 3.8) is 0 Å². The number of nitrogens with zero attached hydrogens (tertiary/aromatic N) is 1. The molecule has 0 aliphatic carbocycles. The summed E-state index contributed by atoms with van der Waals surface area (Å²) in [4.78, 5) is 9.15. The van der Waals surface area contributed by atoms with E-state index in [0.29, 0.717) is 0 Å². The van der Waals surface area contributed by atoms with Crippen LogP contribution < -0.4 is 5.73 Å². The molecule has 0 spiro atoms. The molecule has 0 aromatic heterocycles. The Labute approximate surface area is 40.8 Å². The molecule has 0 aliphatic heterocycles. The number of rotatable bonds is 1. The zero-order valence-electron chi connectivity index (χ0n) is 4.05. The zero-order valence-corrected chi connectivity index (χ0v) is 4.05. The maximum atomic E-state index is 9.63. The summed E-state index contributed by atoms with van der Waals surface area (Å²) >= 11 is 0. The van der Waals surface area contributed by atoms with Gasteiger partial charge in [0.05, 0.1) is 4.92 Å². The van der Waals surface area contributed by atoms with Crippen LogP contribution in [-0.4, -0.2) is 4.92 Å². The first kappa shape index (κ1) is 6.10. The molecule has 0 aromatic carbocycles. The number of quaternary nitrogens is 1. The first-order chi connectivity index (χ1) is 3.18. The summed E-state index contributed by atoms with van der Waals surface area (Å²) < 4.78 is 0. The van der Waals surface area contributed by atoms with Crippen LogP contribution in [0.2, 0.25) is 0 Å². The molecule has 0 rings (SSSR count). The molecule has 0 aromatic rings. The van der Waals surface area contributed by atoms with Crippen molar-refractivity contribution >= 4 is 0 Å². The predicted molar refractivity (Wildman–Crippen MR) is 23.6 cm³/mol. The molecule has 40 valence electrons. The van der Waals surface area contributed by atoms with E-state index in [1.807, 2.05) is 0 Å². The van der Waals surface area contributed by atoms with Gasteiger partial charge < -0.3 is 5.73 Å². The minimum atomic E-state index is -0.479. The van der Waals surface area contributed by atoms with Crippen molar-refractivity contribution in [1.82, 2.24) is 0 Å². The molecule has 0 radical (unpaired) electrons. The Morgan fingerprint density at radius 3 is 2.43 bits per heavy atom. The molecule has 7 heavy (non-hydrogen) atoms. The summed E-state index contributed by atoms with van der Waals surface area (Å²) in [6.07, 6.45) is 1.21. The third kappa shape index (κ3) is 1.88. The van der Waals surface area contributed by atoms with Gasteiger partial charge in [0.25, 0.3) is 5.70 Å². The third-order valence-electron chi connectivity index (χ3n) is 0.583. The van der Waals surface area contributed by atoms with Crippen molar-refractivity contribution in [2.45, 2.75) is 6.92 Å². The number of hydrogen-bond acceptors (Lipinski definition) is 2. The molecule has 0 unspecified atom stereocenters. The van der Waals surface area contributed by atoms with Crippen LogP contribution in [0.25, 0.3) is 0 Å². The molecular weight excluding hydrogens is 96.0 g/mol. The summed E-state index contributed by atoms with van der Waals surface area (Å²) in [6, 6.07) is 0. The molecule has 0 aliphatic rings. The molecule has 0 fully saturated rings. The number of allylic oxidation sites excluding steroid dienone is 1. The fourth-order valence-electron chi connectivity index (χ4n) is 0.0745. The van der Waals surface area contributed by atoms with Gasteiger partial charge in [-0.25, -0.2) is 0 Å². The lowest BCUT2D eigenvalue weighted by molar-refractivity contribution is -0.436. The van der Waals surface area contributed by atoms with Crippen molar-refractivity contribution in [3.8, 4) is 0 Å². The van der Waals surface area contributed by atoms with Crippen molar-refractivity contribution in [1.29, 1.82) is 0 Å². The van der Waals surface area contributed by atoms with Crippen LogP contribution in [0, 0.1) is 10.1 Å². The monoisotopic (exact) mass is 103 g/mol. The summed E-state index contributed by atoms with van der Waals surface area (Å²) in [7, 11) is 0. The predicted octanol–water partition coefficient (Wildman–Crippen LogP) is -0.634. The maximum absolute atomic E-state index is 9.63. The second-order valence-electron chi connectivity index (χ2n) is 1.10. The Bertz CT molecular complexity index is 108. The van der Waals surface area contributed by atoms with Gasteiger partial charge in [-0.3, -0.25) is 10.1 Å². The normalized spacial score (nSPS) is 11.4. The van der Waals surface area contributed by atoms with E-state index < -0.39 is 4.92 Å². The van der Waals surface area contributed by atoms with Gasteiger partial charge in [0, 0.05) is 6.92 Å². The molecule has 3 N–H and O–H groups in total. The lowest BCUT2D eigenvalue weighted by Gasteiger charge is -1.79. The van der Waals surface area contributed by atoms with E-state index in [0.717, 1.165) is 0 Å². The van der Waals surface area contributed by atoms with Gasteiger partial charge in [-0.1, -0.05) is 0 Å². The van der Waals surface area contributed by atoms with E-state index in [1.54, 1.807) is 0 Å². The third-order valence-corrected chi connectivity index (χ3v) is 0.583. The van der Waals surface area contributed by atoms with Gasteiger partial charge in [-0.15, -0.1) is 0 Å². The van der Waals surface area contributed by atoms with Gasteiger partial charge in [-0.05, 0) is 0 Å². The first-order valence-electron chi connectivity index (χ1n) is 1.79. The molecule has 4 nitrogen and oxygen atoms in total. The van der Waals surface area contributed by atoms with Gasteiger partial charge in [0.2, 0.25) is 0 Å². The van der Waals surface area contributed by atoms with Crippen LogP contribution in [0.1, 0.15) is 6.92 Å². The molecular formula is C3H7N2O2+. The van der Waals surface area contributed by atoms with Crippen molar-refractivity contribution in [3.05, 3.63) is 22.0 Å². The maximum Gasteiger partial charge on any atom is 0.295 e. The Kier molecular flexibility index (Phi) is 2.01. The van der Waals surface area contributed by atoms with Gasteiger partial charge in [0.15, 0.2) is 6.20 Å². The standard InChI is InChI=1S/C3H6N2O2/c1-3(2-4)5(6)7/h2H,4H2,1H3/p+1. The molecule has 0 amide bonds. The summed E-state index contributed by atoms with van der Waals surface area (Å²) in [5, 5.41) is 9.63. The van der Waals surface area contributed by atoms with Crippen LogP contribution in [0.4, 0.5) is 0 Å². The van der Waals surface area contributed by atoms with E-state index in [-0.39, 0.29) is 5.70 Å². The van der Waals surface area contributed by atoms with Crippen LogP contribution >= 0.6 is 0 Å². The average Bonchev–Trinajstić information content (AvgIpc) is 1.65. The molecule has 0 saturated carbocycles. The van der Waals surface area contributed by atoms with Crippen LogP contribution in [0.15, 0.2) is 11.9 Å². The van der Waals surface area contributed by atoms with E-state index in [4.69, 9.17) is 0 Å². The van der Waals surface area contributed by atoms with E-state index in [9.17, 15) is 10.1 Å². The van der Waals surface area contributed by atoms with Gasteiger partial charge in [0.1, 0.15) is 0 Å². The van der Waals surface area contributed by atoms with Crippen molar-refractivity contribution in [2.24, 2.45) is 0 Å². The number of hydrogen-bond donors (Lipinski definition) is 1. The fourth-order valence-corrected chi connectivity index (χ4v) is 0.0745. The first-order valence-corrected chi connectivity index (χ1v) is 1.79. The van der Waals surface area contributed by atoms with E-state index in [1.165, 1.54) is 13.1 Å². The summed E-state index contributed by atoms with van der Waals surface area (Å²) in [6.45, 7) is 1.40. The van der Waals surface area contributed by atoms with E-state index in [2.05, 4.69) is 5.73 Å². The smallest absolute Gasteiger partial charge is 0.295 e. The molecule has 0 atom stereocenters. The highest BCUT2D eigenvalue weighted by molar-refractivity contribution is 4.75. The highest BCUT2D eigenvalue weighted by atomic mass is 16.6. The van der Waals surface area contributed by atoms with Crippen molar-refractivity contribution in [2.75, 3.05) is 0 Å². The average molecular weight is 103 g/mol. The fraction of sp³-hybridized carbons (Fsp3) is 0.333. The Morgan fingerprint density at radius 2 is 2.43 bits per heavy atom.